The minimum atomic E-state index is -0.898. The molecule has 16 nitrogen and oxygen atoms in total. The van der Waals surface area contributed by atoms with Crippen molar-refractivity contribution in [2.75, 3.05) is 47.1 Å². The molecule has 93 heavy (non-hydrogen) atoms. The Hall–Kier alpha value is -10.3. The summed E-state index contributed by atoms with van der Waals surface area (Å²) < 4.78 is 45.2. The molecule has 480 valence electrons. The number of carboxylic acid groups (broad SMARTS) is 1. The number of carboxylic acids is 1. The van der Waals surface area contributed by atoms with Gasteiger partial charge in [0.25, 0.3) is 0 Å². The van der Waals surface area contributed by atoms with Gasteiger partial charge in [-0.3, -0.25) is 9.80 Å². The molecule has 0 saturated heterocycles. The van der Waals surface area contributed by atoms with Crippen LogP contribution in [0.25, 0.3) is 0 Å². The maximum Gasteiger partial charge on any atom is 0.337 e. The predicted octanol–water partition coefficient (Wildman–Crippen LogP) is 14.4. The number of aromatic carboxylic acids is 1. The zero-order valence-corrected chi connectivity index (χ0v) is 53.1. The first-order valence-corrected chi connectivity index (χ1v) is 31.1. The standard InChI is InChI=1S/C26H27NO4.C25H25NO4.C24H23NO4.C2H4O/c1-3-27(17-20-10-14-22(15-11-20)26(28)29-2)16-19-8-12-21(13-9-19)25-18-30-23-6-4-5-7-24(23)31-25;1-2-26(16-19-9-13-21(14-10-19)25(27)28)15-18-7-11-20(12-8-18)24-17-29-22-5-3-4-6-23(22)30-24;1-27-24(26)20-12-8-18(9-13-20)15-25-14-17-6-10-19(11-7-17)23-16-28-21-4-2-3-5-22(21)29-23;1-2-3/h4-15,25H,3,16-18H2,1-2H3;3-14,24H,2,15-17H2,1H3,(H,27,28);2-13,23,25H,14-16H2,1H3;2H,1H3/t25-;24-;23-;/m111./s1. The zero-order valence-electron chi connectivity index (χ0n) is 53.1. The third-order valence-electron chi connectivity index (χ3n) is 15.7. The van der Waals surface area contributed by atoms with Gasteiger partial charge in [-0.1, -0.05) is 159 Å². The first-order chi connectivity index (χ1) is 45.4. The second-order valence-electron chi connectivity index (χ2n) is 22.1. The Balaban J connectivity index is 0.000000161. The van der Waals surface area contributed by atoms with Gasteiger partial charge in [0.05, 0.1) is 30.9 Å². The summed E-state index contributed by atoms with van der Waals surface area (Å²) in [7, 11) is 2.78. The van der Waals surface area contributed by atoms with Crippen LogP contribution in [0, 0.1) is 0 Å². The third-order valence-corrected chi connectivity index (χ3v) is 15.7. The average molecular weight is 1250 g/mol. The number of fused-ring (bicyclic) bond motifs is 3. The van der Waals surface area contributed by atoms with Crippen LogP contribution in [0.15, 0.2) is 218 Å². The summed E-state index contributed by atoms with van der Waals surface area (Å²) in [5, 5.41) is 12.5. The lowest BCUT2D eigenvalue weighted by atomic mass is 10.1. The van der Waals surface area contributed by atoms with Gasteiger partial charge in [-0.25, -0.2) is 14.4 Å². The van der Waals surface area contributed by atoms with Crippen molar-refractivity contribution in [1.29, 1.82) is 0 Å². The monoisotopic (exact) mass is 1250 g/mol. The van der Waals surface area contributed by atoms with Gasteiger partial charge in [0, 0.05) is 39.3 Å². The average Bonchev–Trinajstić information content (AvgIpc) is 2.80. The Kier molecular flexibility index (Phi) is 24.7. The number of nitrogens with zero attached hydrogens (tertiary/aromatic N) is 2. The topological polar surface area (TPSA) is 181 Å². The van der Waals surface area contributed by atoms with Gasteiger partial charge in [-0.15, -0.1) is 0 Å². The van der Waals surface area contributed by atoms with Crippen LogP contribution in [0.4, 0.5) is 0 Å². The van der Waals surface area contributed by atoms with Crippen molar-refractivity contribution >= 4 is 24.2 Å². The van der Waals surface area contributed by atoms with E-state index in [1.54, 1.807) is 24.3 Å². The molecular formula is C77H79N3O13. The van der Waals surface area contributed by atoms with E-state index in [1.165, 1.54) is 37.8 Å². The lowest BCUT2D eigenvalue weighted by molar-refractivity contribution is -0.106. The van der Waals surface area contributed by atoms with Crippen LogP contribution in [0.3, 0.4) is 0 Å². The number of carbonyl (C=O) groups is 4. The zero-order chi connectivity index (χ0) is 65.3. The van der Waals surface area contributed by atoms with E-state index in [1.807, 2.05) is 121 Å². The molecule has 12 rings (SSSR count). The highest BCUT2D eigenvalue weighted by molar-refractivity contribution is 5.90. The molecule has 9 aromatic carbocycles. The fourth-order valence-corrected chi connectivity index (χ4v) is 10.5. The maximum absolute atomic E-state index is 11.6. The van der Waals surface area contributed by atoms with E-state index in [0.717, 1.165) is 127 Å². The molecule has 0 bridgehead atoms. The van der Waals surface area contributed by atoms with Crippen molar-refractivity contribution in [3.63, 3.8) is 0 Å². The molecule has 0 unspecified atom stereocenters. The molecule has 3 aliphatic heterocycles. The number of benzene rings is 9. The Morgan fingerprint density at radius 3 is 0.957 bits per heavy atom. The molecule has 0 saturated carbocycles. The second kappa shape index (κ2) is 34.2. The molecule has 9 aromatic rings. The number of para-hydroxylation sites is 6. The maximum atomic E-state index is 11.6. The molecule has 0 spiro atoms. The summed E-state index contributed by atoms with van der Waals surface area (Å²) in [6.07, 6.45) is 0.448. The van der Waals surface area contributed by atoms with Crippen molar-refractivity contribution in [1.82, 2.24) is 15.1 Å². The summed E-state index contributed by atoms with van der Waals surface area (Å²) in [5.41, 5.74) is 11.8. The van der Waals surface area contributed by atoms with Gasteiger partial charge >= 0.3 is 17.9 Å². The van der Waals surface area contributed by atoms with Crippen molar-refractivity contribution in [3.8, 4) is 34.5 Å². The highest BCUT2D eigenvalue weighted by atomic mass is 16.6. The summed E-state index contributed by atoms with van der Waals surface area (Å²) in [6, 6.07) is 70.7. The Labute approximate surface area is 544 Å². The number of carbonyl (C=O) groups excluding carboxylic acids is 3. The Bertz CT molecular complexity index is 3830. The van der Waals surface area contributed by atoms with Gasteiger partial charge in [-0.2, -0.15) is 0 Å². The van der Waals surface area contributed by atoms with Crippen molar-refractivity contribution in [3.05, 3.63) is 285 Å². The summed E-state index contributed by atoms with van der Waals surface area (Å²) in [5.74, 6) is 3.22. The molecule has 0 fully saturated rings. The summed E-state index contributed by atoms with van der Waals surface area (Å²) in [6.45, 7) is 13.8. The van der Waals surface area contributed by atoms with Crippen LogP contribution < -0.4 is 33.7 Å². The van der Waals surface area contributed by atoms with Crippen LogP contribution in [0.2, 0.25) is 0 Å². The third kappa shape index (κ3) is 19.4. The van der Waals surface area contributed by atoms with E-state index >= 15 is 0 Å². The lowest BCUT2D eigenvalue weighted by Gasteiger charge is -2.27. The number of ether oxygens (including phenoxy) is 8. The lowest BCUT2D eigenvalue weighted by Crippen LogP contribution is -2.23. The van der Waals surface area contributed by atoms with Crippen LogP contribution in [0.1, 0.15) is 120 Å². The normalized spacial score (nSPS) is 14.7. The smallest absolute Gasteiger partial charge is 0.337 e. The van der Waals surface area contributed by atoms with Gasteiger partial charge in [-0.05, 0) is 143 Å². The van der Waals surface area contributed by atoms with Gasteiger partial charge in [0.15, 0.2) is 52.8 Å². The highest BCUT2D eigenvalue weighted by Gasteiger charge is 2.25. The quantitative estimate of drug-likeness (QED) is 0.0543. The number of esters is 2. The Morgan fingerprint density at radius 2 is 0.677 bits per heavy atom. The van der Waals surface area contributed by atoms with E-state index in [-0.39, 0.29) is 30.3 Å². The number of hydrogen-bond acceptors (Lipinski definition) is 15. The van der Waals surface area contributed by atoms with Crippen molar-refractivity contribution in [2.45, 2.75) is 78.4 Å². The predicted molar refractivity (Wildman–Crippen MR) is 356 cm³/mol. The fraction of sp³-hybridized carbons (Fsp3) is 0.247. The van der Waals surface area contributed by atoms with Crippen molar-refractivity contribution in [2.24, 2.45) is 0 Å². The fourth-order valence-electron chi connectivity index (χ4n) is 10.5. The first kappa shape index (κ1) is 67.1. The highest BCUT2D eigenvalue weighted by Crippen LogP contribution is 2.38. The van der Waals surface area contributed by atoms with E-state index in [2.05, 4.69) is 102 Å². The van der Waals surface area contributed by atoms with Crippen molar-refractivity contribution < 1.29 is 62.2 Å². The second-order valence-corrected chi connectivity index (χ2v) is 22.1. The number of aldehydes is 1. The van der Waals surface area contributed by atoms with E-state index in [9.17, 15) is 14.4 Å². The molecule has 3 aliphatic rings. The number of hydrogen-bond donors (Lipinski definition) is 2. The van der Waals surface area contributed by atoms with Gasteiger partial charge in [0.1, 0.15) is 26.1 Å². The van der Waals surface area contributed by atoms with Crippen LogP contribution >= 0.6 is 0 Å². The molecule has 2 N–H and O–H groups in total. The van der Waals surface area contributed by atoms with Crippen LogP contribution in [-0.4, -0.2) is 86.2 Å². The molecule has 3 atom stereocenters. The first-order valence-electron chi connectivity index (χ1n) is 31.1. The van der Waals surface area contributed by atoms with Crippen LogP contribution in [-0.2, 0) is 53.5 Å². The SMILES string of the molecule is CC=O.CCN(Cc1ccc(C(=O)O)cc1)Cc1ccc([C@H]2COc3ccccc3O2)cc1.CCN(Cc1ccc(C(=O)OC)cc1)Cc1ccc([C@H]2COc3ccccc3O2)cc1.COC(=O)c1ccc(CNCc2ccc([C@H]3COc4ccccc4O3)cc2)cc1. The summed E-state index contributed by atoms with van der Waals surface area (Å²) in [4.78, 5) is 47.6. The molecule has 0 amide bonds. The molecule has 3 heterocycles. The van der Waals surface area contributed by atoms with E-state index in [0.29, 0.717) is 36.5 Å². The van der Waals surface area contributed by atoms with Gasteiger partial charge in [0.2, 0.25) is 0 Å². The minimum absolute atomic E-state index is 0.0970. The molecule has 0 aliphatic carbocycles. The number of methoxy groups -OCH3 is 2. The molecule has 0 aromatic heterocycles. The minimum Gasteiger partial charge on any atom is -0.485 e. The van der Waals surface area contributed by atoms with Crippen LogP contribution in [0.5, 0.6) is 34.5 Å². The van der Waals surface area contributed by atoms with E-state index in [4.69, 9.17) is 47.8 Å². The summed E-state index contributed by atoms with van der Waals surface area (Å²) >= 11 is 0. The number of rotatable bonds is 20. The molecule has 0 radical (unpaired) electrons. The largest absolute Gasteiger partial charge is 0.485 e. The molecule has 16 heteroatoms. The van der Waals surface area contributed by atoms with Gasteiger partial charge < -0.3 is 53.1 Å². The molecular weight excluding hydrogens is 1170 g/mol. The Morgan fingerprint density at radius 1 is 0.419 bits per heavy atom. The van der Waals surface area contributed by atoms with E-state index < -0.39 is 5.97 Å². The number of nitrogens with one attached hydrogen (secondary N) is 1.